The highest BCUT2D eigenvalue weighted by Crippen LogP contribution is 2.30. The number of nitrogens with one attached hydrogen (secondary N) is 1. The van der Waals surface area contributed by atoms with E-state index < -0.39 is 28.9 Å². The number of fused-ring (bicyclic) bond motifs is 2. The number of rotatable bonds is 7. The van der Waals surface area contributed by atoms with Crippen LogP contribution in [0.15, 0.2) is 116 Å². The molecule has 0 saturated carbocycles. The zero-order valence-electron chi connectivity index (χ0n) is 22.2. The molecule has 0 aliphatic carbocycles. The second-order valence-electron chi connectivity index (χ2n) is 10.2. The van der Waals surface area contributed by atoms with E-state index in [0.717, 1.165) is 0 Å². The molecule has 1 N–H and O–H groups in total. The fraction of sp³-hybridized carbons (Fsp3) is 0.156. The molecule has 0 spiro atoms. The highest BCUT2D eigenvalue weighted by Gasteiger charge is 2.25. The van der Waals surface area contributed by atoms with Gasteiger partial charge in [0.2, 0.25) is 0 Å². The lowest BCUT2D eigenvalue weighted by atomic mass is 10.0. The van der Waals surface area contributed by atoms with E-state index in [1.807, 2.05) is 39.0 Å². The van der Waals surface area contributed by atoms with Crippen LogP contribution in [0, 0.1) is 0 Å². The van der Waals surface area contributed by atoms with Crippen molar-refractivity contribution in [1.29, 1.82) is 0 Å². The van der Waals surface area contributed by atoms with Crippen LogP contribution in [0.1, 0.15) is 32.4 Å². The molecule has 0 amide bonds. The first-order chi connectivity index (χ1) is 19.1. The van der Waals surface area contributed by atoms with E-state index in [9.17, 15) is 14.4 Å². The second kappa shape index (κ2) is 10.6. The Morgan fingerprint density at radius 2 is 1.57 bits per heavy atom. The quantitative estimate of drug-likeness (QED) is 0.115. The molecular formula is C32H27NO7. The highest BCUT2D eigenvalue weighted by molar-refractivity contribution is 5.95. The lowest BCUT2D eigenvalue weighted by molar-refractivity contribution is -0.137. The molecule has 0 unspecified atom stereocenters. The zero-order chi connectivity index (χ0) is 28.4. The standard InChI is InChI=1S/C32H27NO7/c1-19(40-32(2,3)4)33-29(20-10-6-5-7-11-20)31(36)37-22-14-15-23-24(18-28(34)38-27(23)17-22)25-16-21-12-8-9-13-26(21)39-30(25)35/h5-18,29,33H,1H2,2-4H3/t29-/m1/s1. The first-order valence-electron chi connectivity index (χ1n) is 12.6. The number of hydrogen-bond donors (Lipinski definition) is 1. The van der Waals surface area contributed by atoms with Gasteiger partial charge >= 0.3 is 17.2 Å². The summed E-state index contributed by atoms with van der Waals surface area (Å²) in [6.45, 7) is 9.49. The smallest absolute Gasteiger partial charge is 0.344 e. The molecule has 202 valence electrons. The molecule has 1 atom stereocenters. The summed E-state index contributed by atoms with van der Waals surface area (Å²) in [7, 11) is 0. The van der Waals surface area contributed by atoms with Crippen LogP contribution >= 0.6 is 0 Å². The number of benzene rings is 3. The van der Waals surface area contributed by atoms with Crippen molar-refractivity contribution < 1.29 is 23.1 Å². The summed E-state index contributed by atoms with van der Waals surface area (Å²) in [5.74, 6) is -0.270. The molecule has 5 rings (SSSR count). The molecule has 0 aliphatic rings. The molecular weight excluding hydrogens is 510 g/mol. The van der Waals surface area contributed by atoms with Gasteiger partial charge in [0, 0.05) is 28.5 Å². The van der Waals surface area contributed by atoms with Crippen LogP contribution in [0.3, 0.4) is 0 Å². The molecule has 0 radical (unpaired) electrons. The first kappa shape index (κ1) is 26.5. The molecule has 2 aromatic heterocycles. The van der Waals surface area contributed by atoms with Crippen molar-refractivity contribution in [3.8, 4) is 16.9 Å². The topological polar surface area (TPSA) is 108 Å². The van der Waals surface area contributed by atoms with Crippen molar-refractivity contribution in [2.75, 3.05) is 0 Å². The van der Waals surface area contributed by atoms with Gasteiger partial charge in [0.15, 0.2) is 11.9 Å². The molecule has 40 heavy (non-hydrogen) atoms. The van der Waals surface area contributed by atoms with Gasteiger partial charge in [-0.25, -0.2) is 14.4 Å². The van der Waals surface area contributed by atoms with Gasteiger partial charge in [0.05, 0.1) is 5.56 Å². The fourth-order valence-corrected chi connectivity index (χ4v) is 4.34. The second-order valence-corrected chi connectivity index (χ2v) is 10.2. The minimum Gasteiger partial charge on any atom is -0.474 e. The van der Waals surface area contributed by atoms with Gasteiger partial charge in [-0.05, 0) is 57.2 Å². The van der Waals surface area contributed by atoms with E-state index in [4.69, 9.17) is 18.3 Å². The third-order valence-electron chi connectivity index (χ3n) is 5.97. The van der Waals surface area contributed by atoms with Crippen LogP contribution in [0.4, 0.5) is 0 Å². The zero-order valence-corrected chi connectivity index (χ0v) is 22.2. The highest BCUT2D eigenvalue weighted by atomic mass is 16.5. The maximum atomic E-state index is 13.3. The van der Waals surface area contributed by atoms with Crippen LogP contribution < -0.4 is 21.3 Å². The number of hydrogen-bond acceptors (Lipinski definition) is 8. The van der Waals surface area contributed by atoms with E-state index >= 15 is 0 Å². The third kappa shape index (κ3) is 5.81. The Hall–Kier alpha value is -5.11. The van der Waals surface area contributed by atoms with Gasteiger partial charge in [0.25, 0.3) is 0 Å². The van der Waals surface area contributed by atoms with Crippen molar-refractivity contribution in [2.24, 2.45) is 0 Å². The van der Waals surface area contributed by atoms with E-state index in [0.29, 0.717) is 27.5 Å². The van der Waals surface area contributed by atoms with Crippen molar-refractivity contribution in [3.05, 3.63) is 124 Å². The van der Waals surface area contributed by atoms with E-state index in [1.165, 1.54) is 12.1 Å². The lowest BCUT2D eigenvalue weighted by Crippen LogP contribution is -2.34. The summed E-state index contributed by atoms with van der Waals surface area (Å²) in [4.78, 5) is 38.6. The van der Waals surface area contributed by atoms with Gasteiger partial charge < -0.3 is 23.6 Å². The maximum absolute atomic E-state index is 13.3. The molecule has 0 aliphatic heterocycles. The summed E-state index contributed by atoms with van der Waals surface area (Å²) in [6.07, 6.45) is 0. The number of carbonyl (C=O) groups is 1. The van der Waals surface area contributed by atoms with Gasteiger partial charge in [-0.2, -0.15) is 0 Å². The van der Waals surface area contributed by atoms with Crippen LogP contribution in [0.5, 0.6) is 5.75 Å². The van der Waals surface area contributed by atoms with Crippen molar-refractivity contribution >= 4 is 27.9 Å². The first-order valence-corrected chi connectivity index (χ1v) is 12.6. The molecule has 0 saturated heterocycles. The molecule has 5 aromatic rings. The van der Waals surface area contributed by atoms with E-state index in [1.54, 1.807) is 54.6 Å². The minimum absolute atomic E-state index is 0.144. The Kier molecular flexibility index (Phi) is 7.00. The van der Waals surface area contributed by atoms with Crippen LogP contribution in [-0.2, 0) is 9.53 Å². The lowest BCUT2D eigenvalue weighted by Gasteiger charge is -2.26. The Balaban J connectivity index is 1.49. The molecule has 0 bridgehead atoms. The normalized spacial score (nSPS) is 12.2. The van der Waals surface area contributed by atoms with Crippen LogP contribution in [0.2, 0.25) is 0 Å². The summed E-state index contributed by atoms with van der Waals surface area (Å²) >= 11 is 0. The van der Waals surface area contributed by atoms with Crippen molar-refractivity contribution in [2.45, 2.75) is 32.4 Å². The summed E-state index contributed by atoms with van der Waals surface area (Å²) in [6, 6.07) is 22.7. The predicted molar refractivity (Wildman–Crippen MR) is 152 cm³/mol. The average molecular weight is 538 g/mol. The molecule has 8 heteroatoms. The molecule has 3 aromatic carbocycles. The predicted octanol–water partition coefficient (Wildman–Crippen LogP) is 6.09. The Labute approximate surface area is 229 Å². The number of ether oxygens (including phenoxy) is 2. The van der Waals surface area contributed by atoms with Gasteiger partial charge in [-0.3, -0.25) is 0 Å². The van der Waals surface area contributed by atoms with Crippen LogP contribution in [0.25, 0.3) is 33.1 Å². The van der Waals surface area contributed by atoms with Crippen LogP contribution in [-0.4, -0.2) is 11.6 Å². The fourth-order valence-electron chi connectivity index (χ4n) is 4.34. The van der Waals surface area contributed by atoms with Gasteiger partial charge in [0.1, 0.15) is 22.5 Å². The Morgan fingerprint density at radius 1 is 0.850 bits per heavy atom. The van der Waals surface area contributed by atoms with E-state index in [-0.39, 0.29) is 22.8 Å². The van der Waals surface area contributed by atoms with Crippen molar-refractivity contribution in [3.63, 3.8) is 0 Å². The van der Waals surface area contributed by atoms with Gasteiger partial charge in [-0.15, -0.1) is 0 Å². The molecule has 8 nitrogen and oxygen atoms in total. The average Bonchev–Trinajstić information content (AvgIpc) is 2.90. The summed E-state index contributed by atoms with van der Waals surface area (Å²) in [5.41, 5.74) is 0.0119. The monoisotopic (exact) mass is 537 g/mol. The number of esters is 1. The third-order valence-corrected chi connectivity index (χ3v) is 5.97. The SMILES string of the molecule is C=C(N[C@@H](C(=O)Oc1ccc2c(-c3cc4ccccc4oc3=O)cc(=O)oc2c1)c1ccccc1)OC(C)(C)C. The summed E-state index contributed by atoms with van der Waals surface area (Å²) < 4.78 is 22.3. The summed E-state index contributed by atoms with van der Waals surface area (Å²) in [5, 5.41) is 4.18. The van der Waals surface area contributed by atoms with Gasteiger partial charge in [-0.1, -0.05) is 48.5 Å². The number of carbonyl (C=O) groups excluding carboxylic acids is 1. The largest absolute Gasteiger partial charge is 0.474 e. The minimum atomic E-state index is -0.924. The van der Waals surface area contributed by atoms with Crippen molar-refractivity contribution in [1.82, 2.24) is 5.32 Å². The molecule has 2 heterocycles. The number of para-hydroxylation sites is 1. The maximum Gasteiger partial charge on any atom is 0.344 e. The Bertz CT molecular complexity index is 1850. The van der Waals surface area contributed by atoms with E-state index in [2.05, 4.69) is 11.9 Å². The molecule has 0 fully saturated rings. The Morgan fingerprint density at radius 3 is 2.33 bits per heavy atom.